The van der Waals surface area contributed by atoms with Crippen LogP contribution in [0.5, 0.6) is 0 Å². The van der Waals surface area contributed by atoms with Crippen molar-refractivity contribution in [3.8, 4) is 0 Å². The van der Waals surface area contributed by atoms with Crippen LogP contribution >= 0.6 is 15.9 Å². The van der Waals surface area contributed by atoms with Crippen molar-refractivity contribution in [2.45, 2.75) is 18.3 Å². The number of alkyl halides is 1. The molecule has 0 bridgehead atoms. The zero-order chi connectivity index (χ0) is 9.84. The summed E-state index contributed by atoms with van der Waals surface area (Å²) in [5.74, 6) is -0.00796. The summed E-state index contributed by atoms with van der Waals surface area (Å²) >= 11 is 3.10. The number of halogens is 1. The Morgan fingerprint density at radius 1 is 1.54 bits per heavy atom. The normalized spacial score (nSPS) is 33.6. The van der Waals surface area contributed by atoms with Gasteiger partial charge in [-0.1, -0.05) is 15.9 Å². The molecule has 0 aromatic heterocycles. The summed E-state index contributed by atoms with van der Waals surface area (Å²) in [6, 6.07) is 0. The summed E-state index contributed by atoms with van der Waals surface area (Å²) < 4.78 is 15.6. The van der Waals surface area contributed by atoms with Crippen molar-refractivity contribution in [3.63, 3.8) is 0 Å². The summed E-state index contributed by atoms with van der Waals surface area (Å²) in [6.07, 6.45) is -0.914. The molecule has 0 radical (unpaired) electrons. The molecule has 0 aromatic carbocycles. The molecule has 1 rings (SSSR count). The first-order valence-corrected chi connectivity index (χ1v) is 5.12. The summed E-state index contributed by atoms with van der Waals surface area (Å²) in [4.78, 5) is 11.3. The molecule has 5 heteroatoms. The van der Waals surface area contributed by atoms with E-state index in [1.807, 2.05) is 0 Å². The Bertz CT molecular complexity index is 185. The molecule has 0 unspecified atom stereocenters. The second-order valence-corrected chi connectivity index (χ2v) is 3.39. The number of carbonyl (C=O) groups excluding carboxylic acids is 1. The number of ether oxygens (including phenoxy) is 3. The predicted octanol–water partition coefficient (Wildman–Crippen LogP) is 0.379. The van der Waals surface area contributed by atoms with Crippen LogP contribution < -0.4 is 0 Å². The fourth-order valence-electron chi connectivity index (χ4n) is 1.41. The van der Waals surface area contributed by atoms with Gasteiger partial charge in [-0.3, -0.25) is 4.79 Å². The van der Waals surface area contributed by atoms with Gasteiger partial charge >= 0.3 is 0 Å². The average molecular weight is 253 g/mol. The van der Waals surface area contributed by atoms with Crippen molar-refractivity contribution >= 4 is 21.7 Å². The Labute approximate surface area is 85.7 Å². The summed E-state index contributed by atoms with van der Waals surface area (Å²) in [5.41, 5.74) is 0. The third-order valence-corrected chi connectivity index (χ3v) is 2.68. The topological polar surface area (TPSA) is 44.8 Å². The minimum atomic E-state index is -0.491. The number of hydrogen-bond donors (Lipinski definition) is 0. The Kier molecular flexibility index (Phi) is 4.31. The van der Waals surface area contributed by atoms with Gasteiger partial charge in [0.2, 0.25) is 0 Å². The highest BCUT2D eigenvalue weighted by Crippen LogP contribution is 2.20. The maximum absolute atomic E-state index is 11.3. The molecule has 1 heterocycles. The third kappa shape index (κ3) is 2.28. The van der Waals surface area contributed by atoms with E-state index in [0.29, 0.717) is 6.61 Å². The van der Waals surface area contributed by atoms with Crippen LogP contribution in [0.15, 0.2) is 0 Å². The average Bonchev–Trinajstić information content (AvgIpc) is 2.58. The minimum absolute atomic E-state index is 0.00796. The monoisotopic (exact) mass is 252 g/mol. The molecular formula is C8H13BrO4. The molecule has 0 saturated carbocycles. The highest BCUT2D eigenvalue weighted by Gasteiger charge is 2.41. The van der Waals surface area contributed by atoms with Crippen LogP contribution in [0.3, 0.4) is 0 Å². The number of Topliss-reactive ketones (excluding diaryl/α,β-unsaturated/α-hetero) is 1. The van der Waals surface area contributed by atoms with E-state index in [9.17, 15) is 4.79 Å². The lowest BCUT2D eigenvalue weighted by atomic mass is 10.1. The van der Waals surface area contributed by atoms with Crippen LogP contribution in [-0.4, -0.2) is 50.3 Å². The Morgan fingerprint density at radius 2 is 2.23 bits per heavy atom. The van der Waals surface area contributed by atoms with Crippen molar-refractivity contribution in [1.82, 2.24) is 0 Å². The minimum Gasteiger partial charge on any atom is -0.376 e. The van der Waals surface area contributed by atoms with E-state index in [1.54, 1.807) is 14.2 Å². The zero-order valence-corrected chi connectivity index (χ0v) is 9.24. The van der Waals surface area contributed by atoms with Gasteiger partial charge in [0.25, 0.3) is 0 Å². The highest BCUT2D eigenvalue weighted by molar-refractivity contribution is 9.09. The van der Waals surface area contributed by atoms with E-state index in [2.05, 4.69) is 15.9 Å². The fourth-order valence-corrected chi connectivity index (χ4v) is 1.73. The molecule has 1 aliphatic heterocycles. The smallest absolute Gasteiger partial charge is 0.174 e. The molecule has 0 amide bonds. The van der Waals surface area contributed by atoms with E-state index in [-0.39, 0.29) is 23.3 Å². The predicted molar refractivity (Wildman–Crippen MR) is 50.1 cm³/mol. The first-order valence-electron chi connectivity index (χ1n) is 4.00. The molecule has 1 saturated heterocycles. The number of rotatable bonds is 4. The number of hydrogen-bond acceptors (Lipinski definition) is 4. The van der Waals surface area contributed by atoms with Crippen LogP contribution in [0.2, 0.25) is 0 Å². The lowest BCUT2D eigenvalue weighted by Gasteiger charge is -2.18. The summed E-state index contributed by atoms with van der Waals surface area (Å²) in [7, 11) is 3.14. The third-order valence-electron chi connectivity index (χ3n) is 2.13. The van der Waals surface area contributed by atoms with Gasteiger partial charge in [-0.25, -0.2) is 0 Å². The van der Waals surface area contributed by atoms with Gasteiger partial charge in [-0.15, -0.1) is 0 Å². The standard InChI is InChI=1S/C8H13BrO4/c1-11-6-4-13-7(5(10)3-9)8(6)12-2/h6-8H,3-4H2,1-2H3/t6-,7+,8+/m0/s1. The highest BCUT2D eigenvalue weighted by atomic mass is 79.9. The molecule has 3 atom stereocenters. The van der Waals surface area contributed by atoms with E-state index >= 15 is 0 Å². The molecule has 1 aliphatic rings. The van der Waals surface area contributed by atoms with Crippen molar-refractivity contribution in [2.24, 2.45) is 0 Å². The fraction of sp³-hybridized carbons (Fsp3) is 0.875. The van der Waals surface area contributed by atoms with Crippen molar-refractivity contribution in [2.75, 3.05) is 26.2 Å². The molecular weight excluding hydrogens is 240 g/mol. The van der Waals surface area contributed by atoms with E-state index in [1.165, 1.54) is 0 Å². The van der Waals surface area contributed by atoms with Crippen molar-refractivity contribution < 1.29 is 19.0 Å². The van der Waals surface area contributed by atoms with Gasteiger partial charge in [0.05, 0.1) is 11.9 Å². The SMILES string of the molecule is CO[C@@H]1[C@@H](OC)CO[C@@H]1C(=O)CBr. The van der Waals surface area contributed by atoms with Gasteiger partial charge < -0.3 is 14.2 Å². The van der Waals surface area contributed by atoms with Crippen LogP contribution in [0.25, 0.3) is 0 Å². The molecule has 76 valence electrons. The largest absolute Gasteiger partial charge is 0.376 e. The van der Waals surface area contributed by atoms with Gasteiger partial charge in [0, 0.05) is 14.2 Å². The molecule has 0 N–H and O–H groups in total. The van der Waals surface area contributed by atoms with Crippen molar-refractivity contribution in [1.29, 1.82) is 0 Å². The molecule has 0 aliphatic carbocycles. The quantitative estimate of drug-likeness (QED) is 0.679. The van der Waals surface area contributed by atoms with Crippen LogP contribution in [0.1, 0.15) is 0 Å². The second kappa shape index (κ2) is 5.05. The molecule has 1 fully saturated rings. The zero-order valence-electron chi connectivity index (χ0n) is 7.66. The molecule has 4 nitrogen and oxygen atoms in total. The van der Waals surface area contributed by atoms with Crippen LogP contribution in [0, 0.1) is 0 Å². The van der Waals surface area contributed by atoms with Crippen molar-refractivity contribution in [3.05, 3.63) is 0 Å². The molecule has 0 spiro atoms. The first-order chi connectivity index (χ1) is 6.24. The van der Waals surface area contributed by atoms with E-state index < -0.39 is 6.10 Å². The van der Waals surface area contributed by atoms with Crippen LogP contribution in [-0.2, 0) is 19.0 Å². The molecule has 0 aromatic rings. The van der Waals surface area contributed by atoms with Gasteiger partial charge in [0.1, 0.15) is 18.3 Å². The summed E-state index contributed by atoms with van der Waals surface area (Å²) in [5, 5.41) is 0.286. The Hall–Kier alpha value is 0.0300. The van der Waals surface area contributed by atoms with Gasteiger partial charge in [0.15, 0.2) is 5.78 Å². The molecule has 13 heavy (non-hydrogen) atoms. The van der Waals surface area contributed by atoms with Crippen LogP contribution in [0.4, 0.5) is 0 Å². The lowest BCUT2D eigenvalue weighted by molar-refractivity contribution is -0.130. The number of ketones is 1. The van der Waals surface area contributed by atoms with E-state index in [4.69, 9.17) is 14.2 Å². The number of carbonyl (C=O) groups is 1. The van der Waals surface area contributed by atoms with E-state index in [0.717, 1.165) is 0 Å². The second-order valence-electron chi connectivity index (χ2n) is 2.83. The lowest BCUT2D eigenvalue weighted by Crippen LogP contribution is -2.38. The summed E-state index contributed by atoms with van der Waals surface area (Å²) in [6.45, 7) is 0.415. The van der Waals surface area contributed by atoms with Gasteiger partial charge in [-0.05, 0) is 0 Å². The maximum atomic E-state index is 11.3. The Morgan fingerprint density at radius 3 is 2.69 bits per heavy atom. The van der Waals surface area contributed by atoms with Gasteiger partial charge in [-0.2, -0.15) is 0 Å². The Balaban J connectivity index is 2.62. The maximum Gasteiger partial charge on any atom is 0.174 e. The first kappa shape index (κ1) is 11.1. The number of methoxy groups -OCH3 is 2.